The molecule has 1 amide bonds. The number of hydrogen-bond donors (Lipinski definition) is 2. The number of amides is 1. The molecule has 0 aliphatic heterocycles. The summed E-state index contributed by atoms with van der Waals surface area (Å²) in [6.45, 7) is 4.18. The van der Waals surface area contributed by atoms with E-state index in [4.69, 9.17) is 4.18 Å². The summed E-state index contributed by atoms with van der Waals surface area (Å²) in [6.07, 6.45) is -1.28. The number of esters is 1. The van der Waals surface area contributed by atoms with Gasteiger partial charge in [0.25, 0.3) is 10.1 Å². The molecule has 0 radical (unpaired) electrons. The van der Waals surface area contributed by atoms with E-state index in [2.05, 4.69) is 10.1 Å². The standard InChI is InChI=1S/C12H23NO7S/c1-9(14)13-6-5-7-21(17,18)20-8-12(2,3)10(15)11(16)19-4/h10,15H,5-8H2,1-4H3,(H,13,14)/t10-/m0/s1. The summed E-state index contributed by atoms with van der Waals surface area (Å²) >= 11 is 0. The Kier molecular flexibility index (Phi) is 7.83. The monoisotopic (exact) mass is 325 g/mol. The molecular weight excluding hydrogens is 302 g/mol. The second kappa shape index (κ2) is 8.30. The molecule has 124 valence electrons. The lowest BCUT2D eigenvalue weighted by Gasteiger charge is -2.27. The SMILES string of the molecule is COC(=O)[C@H](O)C(C)(C)COS(=O)(=O)CCCNC(C)=O. The van der Waals surface area contributed by atoms with Crippen LogP contribution >= 0.6 is 0 Å². The fraction of sp³-hybridized carbons (Fsp3) is 0.833. The number of nitrogens with one attached hydrogen (secondary N) is 1. The highest BCUT2D eigenvalue weighted by Gasteiger charge is 2.36. The molecule has 0 aromatic rings. The van der Waals surface area contributed by atoms with Gasteiger partial charge in [-0.25, -0.2) is 4.79 Å². The number of aliphatic hydroxyl groups excluding tert-OH is 1. The maximum absolute atomic E-state index is 11.7. The number of carbonyl (C=O) groups is 2. The molecule has 8 nitrogen and oxygen atoms in total. The van der Waals surface area contributed by atoms with Crippen LogP contribution in [0.2, 0.25) is 0 Å². The number of hydrogen-bond acceptors (Lipinski definition) is 7. The maximum Gasteiger partial charge on any atom is 0.335 e. The first-order chi connectivity index (χ1) is 9.52. The molecule has 9 heteroatoms. The fourth-order valence-electron chi connectivity index (χ4n) is 1.32. The highest BCUT2D eigenvalue weighted by Crippen LogP contribution is 2.23. The minimum Gasteiger partial charge on any atom is -0.467 e. The van der Waals surface area contributed by atoms with Crippen LogP contribution < -0.4 is 5.32 Å². The van der Waals surface area contributed by atoms with E-state index in [-0.39, 0.29) is 31.2 Å². The summed E-state index contributed by atoms with van der Waals surface area (Å²) in [5.41, 5.74) is -1.11. The molecule has 0 bridgehead atoms. The summed E-state index contributed by atoms with van der Waals surface area (Å²) in [4.78, 5) is 21.9. The summed E-state index contributed by atoms with van der Waals surface area (Å²) < 4.78 is 32.5. The first kappa shape index (κ1) is 19.8. The minimum atomic E-state index is -3.79. The van der Waals surface area contributed by atoms with Crippen molar-refractivity contribution < 1.29 is 32.0 Å². The van der Waals surface area contributed by atoms with E-state index in [0.29, 0.717) is 0 Å². The van der Waals surface area contributed by atoms with Crippen LogP contribution in [0.25, 0.3) is 0 Å². The predicted molar refractivity (Wildman–Crippen MR) is 74.8 cm³/mol. The van der Waals surface area contributed by atoms with Gasteiger partial charge in [-0.05, 0) is 6.42 Å². The Labute approximate surface area is 124 Å². The molecule has 1 atom stereocenters. The summed E-state index contributed by atoms with van der Waals surface area (Å²) in [6, 6.07) is 0. The van der Waals surface area contributed by atoms with Crippen molar-refractivity contribution in [2.75, 3.05) is 26.0 Å². The highest BCUT2D eigenvalue weighted by atomic mass is 32.2. The third-order valence-corrected chi connectivity index (χ3v) is 3.99. The number of ether oxygens (including phenoxy) is 1. The van der Waals surface area contributed by atoms with E-state index < -0.39 is 27.6 Å². The lowest BCUT2D eigenvalue weighted by atomic mass is 9.88. The van der Waals surface area contributed by atoms with Gasteiger partial charge in [0.2, 0.25) is 5.91 Å². The second-order valence-electron chi connectivity index (χ2n) is 5.27. The lowest BCUT2D eigenvalue weighted by molar-refractivity contribution is -0.158. The summed E-state index contributed by atoms with van der Waals surface area (Å²) in [7, 11) is -2.67. The van der Waals surface area contributed by atoms with Crippen molar-refractivity contribution in [1.82, 2.24) is 5.32 Å². The van der Waals surface area contributed by atoms with Gasteiger partial charge in [-0.1, -0.05) is 13.8 Å². The second-order valence-corrected chi connectivity index (χ2v) is 7.03. The zero-order chi connectivity index (χ0) is 16.7. The van der Waals surface area contributed by atoms with Gasteiger partial charge >= 0.3 is 5.97 Å². The highest BCUT2D eigenvalue weighted by molar-refractivity contribution is 7.86. The summed E-state index contributed by atoms with van der Waals surface area (Å²) in [5.74, 6) is -1.36. The largest absolute Gasteiger partial charge is 0.467 e. The van der Waals surface area contributed by atoms with Crippen molar-refractivity contribution in [2.24, 2.45) is 5.41 Å². The molecule has 0 aliphatic rings. The molecule has 0 spiro atoms. The van der Waals surface area contributed by atoms with Crippen molar-refractivity contribution >= 4 is 22.0 Å². The Balaban J connectivity index is 4.34. The van der Waals surface area contributed by atoms with E-state index in [9.17, 15) is 23.1 Å². The van der Waals surface area contributed by atoms with Crippen molar-refractivity contribution in [3.05, 3.63) is 0 Å². The molecule has 0 saturated carbocycles. The Morgan fingerprint density at radius 1 is 1.33 bits per heavy atom. The first-order valence-corrected chi connectivity index (χ1v) is 7.97. The maximum atomic E-state index is 11.7. The van der Waals surface area contributed by atoms with Crippen LogP contribution in [0.3, 0.4) is 0 Å². The number of rotatable bonds is 9. The number of carbonyl (C=O) groups excluding carboxylic acids is 2. The van der Waals surface area contributed by atoms with Crippen molar-refractivity contribution in [2.45, 2.75) is 33.3 Å². The normalized spacial score (nSPS) is 13.6. The first-order valence-electron chi connectivity index (χ1n) is 6.39. The van der Waals surface area contributed by atoms with Gasteiger partial charge in [-0.3, -0.25) is 8.98 Å². The zero-order valence-electron chi connectivity index (χ0n) is 12.7. The van der Waals surface area contributed by atoms with Crippen molar-refractivity contribution in [3.63, 3.8) is 0 Å². The zero-order valence-corrected chi connectivity index (χ0v) is 13.5. The van der Waals surface area contributed by atoms with E-state index in [1.807, 2.05) is 0 Å². The van der Waals surface area contributed by atoms with Gasteiger partial charge in [0.1, 0.15) is 0 Å². The average Bonchev–Trinajstić information content (AvgIpc) is 2.40. The molecule has 0 aliphatic carbocycles. The molecule has 21 heavy (non-hydrogen) atoms. The molecule has 0 saturated heterocycles. The third kappa shape index (κ3) is 7.98. The topological polar surface area (TPSA) is 119 Å². The van der Waals surface area contributed by atoms with Crippen LogP contribution in [-0.4, -0.2) is 57.5 Å². The summed E-state index contributed by atoms with van der Waals surface area (Å²) in [5, 5.41) is 12.2. The molecule has 0 rings (SSSR count). The van der Waals surface area contributed by atoms with Gasteiger partial charge in [-0.15, -0.1) is 0 Å². The van der Waals surface area contributed by atoms with Crippen LogP contribution in [0.1, 0.15) is 27.2 Å². The van der Waals surface area contributed by atoms with Crippen LogP contribution in [0.15, 0.2) is 0 Å². The molecule has 0 aromatic carbocycles. The molecule has 0 heterocycles. The number of aliphatic hydroxyl groups is 1. The molecular formula is C12H23NO7S. The van der Waals surface area contributed by atoms with Gasteiger partial charge < -0.3 is 15.2 Å². The number of methoxy groups -OCH3 is 1. The van der Waals surface area contributed by atoms with E-state index in [1.165, 1.54) is 20.8 Å². The van der Waals surface area contributed by atoms with Crippen LogP contribution in [0, 0.1) is 5.41 Å². The Morgan fingerprint density at radius 3 is 2.38 bits per heavy atom. The Morgan fingerprint density at radius 2 is 1.90 bits per heavy atom. The fourth-order valence-corrected chi connectivity index (χ4v) is 2.42. The Hall–Kier alpha value is -1.19. The molecule has 0 aromatic heterocycles. The van der Waals surface area contributed by atoms with Crippen molar-refractivity contribution in [3.8, 4) is 0 Å². The van der Waals surface area contributed by atoms with Gasteiger partial charge in [0.05, 0.1) is 19.5 Å². The van der Waals surface area contributed by atoms with Gasteiger partial charge in [-0.2, -0.15) is 8.42 Å². The van der Waals surface area contributed by atoms with Crippen molar-refractivity contribution in [1.29, 1.82) is 0 Å². The van der Waals surface area contributed by atoms with Gasteiger partial charge in [0, 0.05) is 18.9 Å². The molecule has 0 fully saturated rings. The molecule has 2 N–H and O–H groups in total. The predicted octanol–water partition coefficient (Wildman–Crippen LogP) is -0.581. The van der Waals surface area contributed by atoms with Crippen LogP contribution in [0.5, 0.6) is 0 Å². The average molecular weight is 325 g/mol. The molecule has 0 unspecified atom stereocenters. The quantitative estimate of drug-likeness (QED) is 0.331. The smallest absolute Gasteiger partial charge is 0.335 e. The Bertz CT molecular complexity index is 458. The van der Waals surface area contributed by atoms with Gasteiger partial charge in [0.15, 0.2) is 6.10 Å². The van der Waals surface area contributed by atoms with E-state index in [0.717, 1.165) is 7.11 Å². The van der Waals surface area contributed by atoms with Crippen LogP contribution in [-0.2, 0) is 28.6 Å². The minimum absolute atomic E-state index is 0.210. The lowest BCUT2D eigenvalue weighted by Crippen LogP contribution is -2.41. The van der Waals surface area contributed by atoms with E-state index in [1.54, 1.807) is 0 Å². The third-order valence-electron chi connectivity index (χ3n) is 2.72. The van der Waals surface area contributed by atoms with E-state index >= 15 is 0 Å². The van der Waals surface area contributed by atoms with Crippen LogP contribution in [0.4, 0.5) is 0 Å².